The van der Waals surface area contributed by atoms with Crippen LogP contribution in [0.2, 0.25) is 0 Å². The van der Waals surface area contributed by atoms with Gasteiger partial charge < -0.3 is 5.11 Å². The Hall–Kier alpha value is -1.55. The maximum absolute atomic E-state index is 11.7. The number of amides is 1. The van der Waals surface area contributed by atoms with E-state index in [0.29, 0.717) is 19.4 Å². The van der Waals surface area contributed by atoms with Crippen LogP contribution in [0.15, 0.2) is 30.3 Å². The summed E-state index contributed by atoms with van der Waals surface area (Å²) in [7, 11) is 0. The van der Waals surface area contributed by atoms with Crippen molar-refractivity contribution in [3.63, 3.8) is 0 Å². The molecule has 86 valence electrons. The maximum Gasteiger partial charge on any atom is 0.242 e. The van der Waals surface area contributed by atoms with Crippen LogP contribution in [0.3, 0.4) is 0 Å². The van der Waals surface area contributed by atoms with Gasteiger partial charge in [-0.25, -0.2) is 0 Å². The second-order valence-electron chi connectivity index (χ2n) is 3.80. The van der Waals surface area contributed by atoms with Crippen LogP contribution < -0.4 is 5.01 Å². The number of hydrogen-bond donors (Lipinski definition) is 1. The molecule has 0 saturated carbocycles. The van der Waals surface area contributed by atoms with Crippen molar-refractivity contribution in [3.8, 4) is 0 Å². The van der Waals surface area contributed by atoms with Crippen LogP contribution in [0.25, 0.3) is 0 Å². The quantitative estimate of drug-likeness (QED) is 0.824. The topological polar surface area (TPSA) is 43.8 Å². The Balaban J connectivity index is 2.11. The lowest BCUT2D eigenvalue weighted by atomic mass is 10.3. The van der Waals surface area contributed by atoms with Crippen molar-refractivity contribution in [1.29, 1.82) is 0 Å². The third kappa shape index (κ3) is 2.17. The minimum atomic E-state index is 0.117. The Bertz CT molecular complexity index is 353. The Kier molecular flexibility index (Phi) is 3.41. The Morgan fingerprint density at radius 2 is 2.00 bits per heavy atom. The molecule has 0 aliphatic carbocycles. The van der Waals surface area contributed by atoms with Gasteiger partial charge in [-0.2, -0.15) is 0 Å². The number of nitrogens with zero attached hydrogens (tertiary/aromatic N) is 2. The zero-order chi connectivity index (χ0) is 11.4. The van der Waals surface area contributed by atoms with E-state index in [2.05, 4.69) is 0 Å². The Morgan fingerprint density at radius 3 is 2.69 bits per heavy atom. The molecule has 1 aromatic carbocycles. The highest BCUT2D eigenvalue weighted by Crippen LogP contribution is 2.21. The zero-order valence-electron chi connectivity index (χ0n) is 9.17. The summed E-state index contributed by atoms with van der Waals surface area (Å²) in [6, 6.07) is 9.86. The molecule has 1 fully saturated rings. The van der Waals surface area contributed by atoms with Crippen LogP contribution in [0.4, 0.5) is 5.69 Å². The molecule has 0 aromatic heterocycles. The molecule has 0 radical (unpaired) electrons. The fourth-order valence-electron chi connectivity index (χ4n) is 1.92. The summed E-state index contributed by atoms with van der Waals surface area (Å²) < 4.78 is 0. The molecule has 0 atom stereocenters. The van der Waals surface area contributed by atoms with E-state index in [1.807, 2.05) is 35.3 Å². The second-order valence-corrected chi connectivity index (χ2v) is 3.80. The predicted octanol–water partition coefficient (Wildman–Crippen LogP) is 1.02. The van der Waals surface area contributed by atoms with Crippen LogP contribution >= 0.6 is 0 Å². The van der Waals surface area contributed by atoms with E-state index >= 15 is 0 Å². The number of anilines is 1. The summed E-state index contributed by atoms with van der Waals surface area (Å²) in [5.41, 5.74) is 1.03. The first-order valence-electron chi connectivity index (χ1n) is 5.56. The Morgan fingerprint density at radius 1 is 1.25 bits per heavy atom. The molecule has 1 saturated heterocycles. The molecular formula is C12H16N2O2. The fraction of sp³-hybridized carbons (Fsp3) is 0.417. The standard InChI is InChI=1S/C12H16N2O2/c15-10-4-8-14-12(16)7-9-13(14)11-5-2-1-3-6-11/h1-3,5-6,15H,4,7-10H2. The number of hydrazine groups is 1. The van der Waals surface area contributed by atoms with Crippen molar-refractivity contribution in [2.24, 2.45) is 0 Å². The molecule has 16 heavy (non-hydrogen) atoms. The molecule has 1 aliphatic heterocycles. The van der Waals surface area contributed by atoms with E-state index in [9.17, 15) is 4.79 Å². The minimum Gasteiger partial charge on any atom is -0.396 e. The number of rotatable bonds is 4. The first kappa shape index (κ1) is 11.0. The summed E-state index contributed by atoms with van der Waals surface area (Å²) in [4.78, 5) is 11.7. The molecule has 0 spiro atoms. The van der Waals surface area contributed by atoms with Gasteiger partial charge in [-0.3, -0.25) is 14.8 Å². The smallest absolute Gasteiger partial charge is 0.242 e. The van der Waals surface area contributed by atoms with Gasteiger partial charge in [0.25, 0.3) is 0 Å². The third-order valence-electron chi connectivity index (χ3n) is 2.70. The van der Waals surface area contributed by atoms with Gasteiger partial charge in [0, 0.05) is 26.1 Å². The summed E-state index contributed by atoms with van der Waals surface area (Å²) in [6.07, 6.45) is 1.18. The van der Waals surface area contributed by atoms with Crippen LogP contribution in [0.1, 0.15) is 12.8 Å². The lowest BCUT2D eigenvalue weighted by molar-refractivity contribution is -0.128. The molecule has 4 heteroatoms. The van der Waals surface area contributed by atoms with Crippen LogP contribution in [-0.4, -0.2) is 35.7 Å². The van der Waals surface area contributed by atoms with Crippen molar-refractivity contribution < 1.29 is 9.90 Å². The second kappa shape index (κ2) is 4.99. The number of para-hydroxylation sites is 1. The molecular weight excluding hydrogens is 204 g/mol. The van der Waals surface area contributed by atoms with E-state index in [0.717, 1.165) is 12.2 Å². The highest BCUT2D eigenvalue weighted by Gasteiger charge is 2.28. The van der Waals surface area contributed by atoms with Gasteiger partial charge in [0.05, 0.1) is 5.69 Å². The summed E-state index contributed by atoms with van der Waals surface area (Å²) in [5.74, 6) is 0.136. The SMILES string of the molecule is O=C1CCN(c2ccccc2)N1CCCO. The van der Waals surface area contributed by atoms with Gasteiger partial charge in [-0.05, 0) is 18.6 Å². The van der Waals surface area contributed by atoms with Gasteiger partial charge >= 0.3 is 0 Å². The van der Waals surface area contributed by atoms with E-state index < -0.39 is 0 Å². The first-order chi connectivity index (χ1) is 7.83. The lowest BCUT2D eigenvalue weighted by Crippen LogP contribution is -2.40. The molecule has 1 amide bonds. The number of carbonyl (C=O) groups excluding carboxylic acids is 1. The minimum absolute atomic E-state index is 0.117. The van der Waals surface area contributed by atoms with E-state index in [1.165, 1.54) is 0 Å². The van der Waals surface area contributed by atoms with Gasteiger partial charge in [-0.15, -0.1) is 0 Å². The molecule has 0 bridgehead atoms. The number of benzene rings is 1. The Labute approximate surface area is 95.1 Å². The zero-order valence-corrected chi connectivity index (χ0v) is 9.17. The van der Waals surface area contributed by atoms with Gasteiger partial charge in [0.1, 0.15) is 0 Å². The van der Waals surface area contributed by atoms with Gasteiger partial charge in [0.15, 0.2) is 0 Å². The predicted molar refractivity (Wildman–Crippen MR) is 61.8 cm³/mol. The highest BCUT2D eigenvalue weighted by atomic mass is 16.3. The number of hydrogen-bond acceptors (Lipinski definition) is 3. The monoisotopic (exact) mass is 220 g/mol. The van der Waals surface area contributed by atoms with Crippen LogP contribution in [-0.2, 0) is 4.79 Å². The average molecular weight is 220 g/mol. The molecule has 2 rings (SSSR count). The van der Waals surface area contributed by atoms with Crippen molar-refractivity contribution in [2.45, 2.75) is 12.8 Å². The molecule has 1 heterocycles. The van der Waals surface area contributed by atoms with Crippen molar-refractivity contribution in [2.75, 3.05) is 24.7 Å². The van der Waals surface area contributed by atoms with Crippen LogP contribution in [0.5, 0.6) is 0 Å². The van der Waals surface area contributed by atoms with E-state index in [1.54, 1.807) is 5.01 Å². The van der Waals surface area contributed by atoms with Crippen molar-refractivity contribution in [3.05, 3.63) is 30.3 Å². The lowest BCUT2D eigenvalue weighted by Gasteiger charge is -2.29. The van der Waals surface area contributed by atoms with Gasteiger partial charge in [-0.1, -0.05) is 18.2 Å². The molecule has 0 unspecified atom stereocenters. The summed E-state index contributed by atoms with van der Waals surface area (Å²) in [6.45, 7) is 1.44. The fourth-order valence-corrected chi connectivity index (χ4v) is 1.92. The summed E-state index contributed by atoms with van der Waals surface area (Å²) in [5, 5.41) is 12.5. The molecule has 1 N–H and O–H groups in total. The van der Waals surface area contributed by atoms with E-state index in [-0.39, 0.29) is 12.5 Å². The number of aliphatic hydroxyl groups is 1. The normalized spacial score (nSPS) is 15.9. The third-order valence-corrected chi connectivity index (χ3v) is 2.70. The van der Waals surface area contributed by atoms with Crippen molar-refractivity contribution in [1.82, 2.24) is 5.01 Å². The first-order valence-corrected chi connectivity index (χ1v) is 5.56. The summed E-state index contributed by atoms with van der Waals surface area (Å²) >= 11 is 0. The van der Waals surface area contributed by atoms with E-state index in [4.69, 9.17) is 5.11 Å². The highest BCUT2D eigenvalue weighted by molar-refractivity contribution is 5.81. The average Bonchev–Trinajstić information content (AvgIpc) is 2.69. The number of carbonyl (C=O) groups is 1. The van der Waals surface area contributed by atoms with Crippen LogP contribution in [0, 0.1) is 0 Å². The largest absolute Gasteiger partial charge is 0.396 e. The van der Waals surface area contributed by atoms with Gasteiger partial charge in [0.2, 0.25) is 5.91 Å². The molecule has 1 aliphatic rings. The number of aliphatic hydroxyl groups excluding tert-OH is 1. The van der Waals surface area contributed by atoms with Crippen molar-refractivity contribution >= 4 is 11.6 Å². The molecule has 4 nitrogen and oxygen atoms in total. The molecule has 1 aromatic rings. The maximum atomic E-state index is 11.7.